The van der Waals surface area contributed by atoms with Gasteiger partial charge in [0, 0.05) is 5.92 Å². The first-order valence-corrected chi connectivity index (χ1v) is 5.18. The fourth-order valence-electron chi connectivity index (χ4n) is 2.36. The Balaban J connectivity index is 2.26. The molecule has 0 saturated carbocycles. The van der Waals surface area contributed by atoms with Crippen molar-refractivity contribution in [2.45, 2.75) is 18.4 Å². The number of benzene rings is 1. The second-order valence-electron chi connectivity index (χ2n) is 4.07. The average molecular weight is 205 g/mol. The van der Waals surface area contributed by atoms with Crippen molar-refractivity contribution in [3.05, 3.63) is 35.9 Å². The van der Waals surface area contributed by atoms with Crippen LogP contribution in [0.25, 0.3) is 0 Å². The number of carboxylic acids is 1. The highest BCUT2D eigenvalue weighted by atomic mass is 16.4. The van der Waals surface area contributed by atoms with Crippen molar-refractivity contribution in [3.63, 3.8) is 0 Å². The van der Waals surface area contributed by atoms with E-state index in [2.05, 4.69) is 0 Å². The third kappa shape index (κ3) is 1.88. The molecule has 2 atom stereocenters. The van der Waals surface area contributed by atoms with Crippen molar-refractivity contribution in [2.75, 3.05) is 13.6 Å². The van der Waals surface area contributed by atoms with E-state index in [0.717, 1.165) is 18.5 Å². The predicted octanol–water partition coefficient (Wildman–Crippen LogP) is 1.56. The molecule has 0 radical (unpaired) electrons. The topological polar surface area (TPSA) is 40.5 Å². The van der Waals surface area contributed by atoms with Crippen LogP contribution in [0.3, 0.4) is 0 Å². The van der Waals surface area contributed by atoms with Crippen molar-refractivity contribution < 1.29 is 9.90 Å². The Kier molecular flexibility index (Phi) is 2.73. The summed E-state index contributed by atoms with van der Waals surface area (Å²) in [7, 11) is 1.88. The third-order valence-electron chi connectivity index (χ3n) is 3.13. The van der Waals surface area contributed by atoms with Crippen LogP contribution < -0.4 is 0 Å². The highest BCUT2D eigenvalue weighted by molar-refractivity contribution is 5.75. The number of aliphatic carboxylic acids is 1. The zero-order valence-corrected chi connectivity index (χ0v) is 8.76. The van der Waals surface area contributed by atoms with Gasteiger partial charge in [-0.1, -0.05) is 30.3 Å². The largest absolute Gasteiger partial charge is 0.480 e. The Hall–Kier alpha value is -1.35. The molecule has 0 spiro atoms. The minimum atomic E-state index is -0.719. The monoisotopic (exact) mass is 205 g/mol. The average Bonchev–Trinajstić information content (AvgIpc) is 2.61. The molecule has 15 heavy (non-hydrogen) atoms. The number of hydrogen-bond donors (Lipinski definition) is 1. The molecule has 0 aliphatic carbocycles. The molecular formula is C12H15NO2. The summed E-state index contributed by atoms with van der Waals surface area (Å²) in [6, 6.07) is 9.55. The van der Waals surface area contributed by atoms with E-state index in [0.29, 0.717) is 0 Å². The van der Waals surface area contributed by atoms with Gasteiger partial charge in [0.25, 0.3) is 0 Å². The van der Waals surface area contributed by atoms with E-state index in [1.807, 2.05) is 42.3 Å². The predicted molar refractivity (Wildman–Crippen MR) is 57.9 cm³/mol. The standard InChI is InChI=1S/C12H15NO2/c1-13-8-7-10(11(13)12(14)15)9-5-3-2-4-6-9/h2-6,10-11H,7-8H2,1H3,(H,14,15)/t10-,11+/m1/s1. The van der Waals surface area contributed by atoms with Crippen LogP contribution in [0.5, 0.6) is 0 Å². The fraction of sp³-hybridized carbons (Fsp3) is 0.417. The van der Waals surface area contributed by atoms with Crippen LogP contribution in [0.15, 0.2) is 30.3 Å². The van der Waals surface area contributed by atoms with E-state index in [1.165, 1.54) is 0 Å². The van der Waals surface area contributed by atoms with E-state index in [9.17, 15) is 9.90 Å². The molecule has 1 aliphatic rings. The van der Waals surface area contributed by atoms with Gasteiger partial charge in [0.05, 0.1) is 0 Å². The molecule has 1 fully saturated rings. The van der Waals surface area contributed by atoms with E-state index in [1.54, 1.807) is 0 Å². The molecule has 0 unspecified atom stereocenters. The van der Waals surface area contributed by atoms with Gasteiger partial charge >= 0.3 is 5.97 Å². The van der Waals surface area contributed by atoms with Crippen LogP contribution in [-0.2, 0) is 4.79 Å². The highest BCUT2D eigenvalue weighted by Crippen LogP contribution is 2.32. The SMILES string of the molecule is CN1CC[C@H](c2ccccc2)[C@H]1C(=O)O. The molecule has 3 nitrogen and oxygen atoms in total. The highest BCUT2D eigenvalue weighted by Gasteiger charge is 2.37. The first-order chi connectivity index (χ1) is 7.20. The summed E-state index contributed by atoms with van der Waals surface area (Å²) < 4.78 is 0. The molecule has 3 heteroatoms. The van der Waals surface area contributed by atoms with Crippen LogP contribution in [0.1, 0.15) is 17.9 Å². The van der Waals surface area contributed by atoms with Gasteiger partial charge in [-0.15, -0.1) is 0 Å². The van der Waals surface area contributed by atoms with Crippen LogP contribution >= 0.6 is 0 Å². The Morgan fingerprint density at radius 3 is 2.67 bits per heavy atom. The molecule has 0 amide bonds. The Morgan fingerprint density at radius 1 is 1.40 bits per heavy atom. The smallest absolute Gasteiger partial charge is 0.321 e. The zero-order chi connectivity index (χ0) is 10.8. The first kappa shape index (κ1) is 10.2. The molecule has 80 valence electrons. The van der Waals surface area contributed by atoms with Crippen molar-refractivity contribution in [1.29, 1.82) is 0 Å². The fourth-order valence-corrected chi connectivity index (χ4v) is 2.36. The lowest BCUT2D eigenvalue weighted by Crippen LogP contribution is -2.36. The maximum atomic E-state index is 11.2. The summed E-state index contributed by atoms with van der Waals surface area (Å²) in [5, 5.41) is 9.17. The zero-order valence-electron chi connectivity index (χ0n) is 8.76. The van der Waals surface area contributed by atoms with Gasteiger partial charge in [-0.2, -0.15) is 0 Å². The number of nitrogens with zero attached hydrogens (tertiary/aromatic N) is 1. The number of rotatable bonds is 2. The molecule has 0 aromatic heterocycles. The Bertz CT molecular complexity index is 350. The minimum Gasteiger partial charge on any atom is -0.480 e. The summed E-state index contributed by atoms with van der Waals surface area (Å²) in [5.41, 5.74) is 1.13. The van der Waals surface area contributed by atoms with E-state index >= 15 is 0 Å². The van der Waals surface area contributed by atoms with E-state index in [4.69, 9.17) is 0 Å². The van der Waals surface area contributed by atoms with Crippen LogP contribution in [0.2, 0.25) is 0 Å². The van der Waals surface area contributed by atoms with Crippen LogP contribution in [-0.4, -0.2) is 35.6 Å². The van der Waals surface area contributed by atoms with Crippen molar-refractivity contribution in [3.8, 4) is 0 Å². The van der Waals surface area contributed by atoms with Crippen molar-refractivity contribution >= 4 is 5.97 Å². The minimum absolute atomic E-state index is 0.133. The number of carbonyl (C=O) groups is 1. The number of carboxylic acid groups (broad SMARTS) is 1. The summed E-state index contributed by atoms with van der Waals surface area (Å²) >= 11 is 0. The maximum absolute atomic E-state index is 11.2. The molecule has 1 aliphatic heterocycles. The van der Waals surface area contributed by atoms with E-state index in [-0.39, 0.29) is 12.0 Å². The molecule has 2 rings (SSSR count). The lowest BCUT2D eigenvalue weighted by molar-refractivity contribution is -0.142. The number of hydrogen-bond acceptors (Lipinski definition) is 2. The summed E-state index contributed by atoms with van der Waals surface area (Å²) in [5.74, 6) is -0.586. The van der Waals surface area contributed by atoms with Gasteiger partial charge in [-0.3, -0.25) is 9.69 Å². The Morgan fingerprint density at radius 2 is 2.07 bits per heavy atom. The molecule has 1 saturated heterocycles. The summed E-state index contributed by atoms with van der Waals surface area (Å²) in [6.07, 6.45) is 0.928. The maximum Gasteiger partial charge on any atom is 0.321 e. The molecule has 0 bridgehead atoms. The second-order valence-corrected chi connectivity index (χ2v) is 4.07. The molecular weight excluding hydrogens is 190 g/mol. The van der Waals surface area contributed by atoms with Gasteiger partial charge in [-0.05, 0) is 25.6 Å². The second kappa shape index (κ2) is 4.03. The molecule has 1 N–H and O–H groups in total. The summed E-state index contributed by atoms with van der Waals surface area (Å²) in [6.45, 7) is 0.858. The first-order valence-electron chi connectivity index (χ1n) is 5.18. The Labute approximate surface area is 89.3 Å². The number of likely N-dealkylation sites (tertiary alicyclic amines) is 1. The molecule has 1 aromatic rings. The molecule has 1 heterocycles. The lowest BCUT2D eigenvalue weighted by Gasteiger charge is -2.20. The van der Waals surface area contributed by atoms with Gasteiger partial charge in [0.2, 0.25) is 0 Å². The molecule has 1 aromatic carbocycles. The van der Waals surface area contributed by atoms with Gasteiger partial charge in [0.1, 0.15) is 6.04 Å². The third-order valence-corrected chi connectivity index (χ3v) is 3.13. The van der Waals surface area contributed by atoms with Gasteiger partial charge in [-0.25, -0.2) is 0 Å². The number of likely N-dealkylation sites (N-methyl/N-ethyl adjacent to an activating group) is 1. The van der Waals surface area contributed by atoms with Gasteiger partial charge in [0.15, 0.2) is 0 Å². The quantitative estimate of drug-likeness (QED) is 0.796. The lowest BCUT2D eigenvalue weighted by atomic mass is 9.92. The summed E-state index contributed by atoms with van der Waals surface area (Å²) in [4.78, 5) is 13.1. The van der Waals surface area contributed by atoms with Crippen molar-refractivity contribution in [1.82, 2.24) is 4.90 Å². The van der Waals surface area contributed by atoms with Gasteiger partial charge < -0.3 is 5.11 Å². The van der Waals surface area contributed by atoms with Crippen LogP contribution in [0, 0.1) is 0 Å². The van der Waals surface area contributed by atoms with Crippen LogP contribution in [0.4, 0.5) is 0 Å². The van der Waals surface area contributed by atoms with E-state index < -0.39 is 5.97 Å². The van der Waals surface area contributed by atoms with Crippen molar-refractivity contribution in [2.24, 2.45) is 0 Å². The normalized spacial score (nSPS) is 26.7.